The molecule has 486 valence electrons. The summed E-state index contributed by atoms with van der Waals surface area (Å²) in [5.74, 6) is -2.40. The second-order valence-corrected chi connectivity index (χ2v) is 38.6. The van der Waals surface area contributed by atoms with E-state index in [1.165, 1.54) is 0 Å². The molecule has 0 spiro atoms. The van der Waals surface area contributed by atoms with Crippen LogP contribution in [0.15, 0.2) is 72.8 Å². The molecule has 2 heterocycles. The average molecular weight is 1230 g/mol. The second kappa shape index (κ2) is 31.2. The summed E-state index contributed by atoms with van der Waals surface area (Å²) in [5, 5.41) is 10.1. The molecule has 16 heteroatoms. The lowest BCUT2D eigenvalue weighted by molar-refractivity contribution is -0.461. The summed E-state index contributed by atoms with van der Waals surface area (Å²) < 4.78 is 64.8. The first-order valence-electron chi connectivity index (χ1n) is 32.6. The van der Waals surface area contributed by atoms with Crippen LogP contribution in [0.5, 0.6) is 0 Å². The number of aliphatic hydroxyl groups excluding tert-OH is 1. The Hall–Kier alpha value is -3.27. The molecule has 1 amide bonds. The number of amides is 1. The van der Waals surface area contributed by atoms with Gasteiger partial charge >= 0.3 is 12.1 Å². The number of esters is 1. The van der Waals surface area contributed by atoms with Crippen LogP contribution in [0, 0.1) is 29.6 Å². The van der Waals surface area contributed by atoms with Crippen molar-refractivity contribution in [2.75, 3.05) is 47.9 Å². The highest BCUT2D eigenvalue weighted by atomic mass is 28.4. The molecule has 3 fully saturated rings. The van der Waals surface area contributed by atoms with Crippen LogP contribution in [-0.2, 0) is 51.5 Å². The molecular weight excluding hydrogens is 1120 g/mol. The quantitative estimate of drug-likeness (QED) is 0.0260. The SMILES string of the molecule is COCO[C@H]1[C@H](C[C@@H](C)[C@H](CC[C@H](C)/C=C/CC/C=C/[C@@H](O[Si](C)(C)C(C)(C)C)[C@H](C)[C@H](CC[C@@H](C)CO)O[Si](C)(C)C(C)(C)C)OC(=O)[C@@H]2CCCCN2C(=O)OCC2c3ccccc3-c3ccccc32)CC[C@H]2O[C@](C)(OC)[C@@](C)(OC)O[C@H]12. The number of piperidine rings is 1. The lowest BCUT2D eigenvalue weighted by Gasteiger charge is -2.56. The summed E-state index contributed by atoms with van der Waals surface area (Å²) in [4.78, 5) is 30.7. The summed E-state index contributed by atoms with van der Waals surface area (Å²) >= 11 is 0. The number of carbonyl (C=O) groups is 2. The number of ether oxygens (including phenoxy) is 8. The van der Waals surface area contributed by atoms with Crippen LogP contribution in [0.1, 0.15) is 177 Å². The van der Waals surface area contributed by atoms with E-state index >= 15 is 0 Å². The van der Waals surface area contributed by atoms with E-state index in [4.69, 9.17) is 46.7 Å². The number of fused-ring (bicyclic) bond motifs is 4. The summed E-state index contributed by atoms with van der Waals surface area (Å²) in [6.07, 6.45) is 16.1. The molecule has 2 aromatic rings. The highest BCUT2D eigenvalue weighted by Crippen LogP contribution is 2.48. The molecule has 0 radical (unpaired) electrons. The zero-order valence-corrected chi connectivity index (χ0v) is 58.5. The van der Waals surface area contributed by atoms with E-state index < -0.39 is 58.7 Å². The Morgan fingerprint density at radius 2 is 1.33 bits per heavy atom. The van der Waals surface area contributed by atoms with E-state index in [1.807, 2.05) is 38.1 Å². The maximum atomic E-state index is 14.8. The van der Waals surface area contributed by atoms with Crippen molar-refractivity contribution in [2.24, 2.45) is 29.6 Å². The van der Waals surface area contributed by atoms with Crippen molar-refractivity contribution in [3.8, 4) is 11.1 Å². The highest BCUT2D eigenvalue weighted by Gasteiger charge is 2.60. The molecule has 0 aromatic heterocycles. The molecule has 2 saturated heterocycles. The minimum absolute atomic E-state index is 0.0000691. The lowest BCUT2D eigenvalue weighted by atomic mass is 9.75. The van der Waals surface area contributed by atoms with Crippen molar-refractivity contribution < 1.29 is 61.4 Å². The lowest BCUT2D eigenvalue weighted by Crippen LogP contribution is -2.69. The number of methoxy groups -OCH3 is 3. The first kappa shape index (κ1) is 71.8. The first-order chi connectivity index (χ1) is 40.4. The number of likely N-dealkylation sites (tertiary alicyclic amines) is 1. The molecular formula is C70H115NO13Si2. The van der Waals surface area contributed by atoms with Crippen LogP contribution in [-0.4, -0.2) is 141 Å². The predicted octanol–water partition coefficient (Wildman–Crippen LogP) is 15.8. The van der Waals surface area contributed by atoms with Crippen molar-refractivity contribution >= 4 is 28.7 Å². The van der Waals surface area contributed by atoms with Gasteiger partial charge in [0.05, 0.1) is 24.4 Å². The fourth-order valence-electron chi connectivity index (χ4n) is 12.6. The Morgan fingerprint density at radius 1 is 0.744 bits per heavy atom. The third-order valence-corrected chi connectivity index (χ3v) is 29.6. The molecule has 1 saturated carbocycles. The Balaban J connectivity index is 1.18. The van der Waals surface area contributed by atoms with Crippen molar-refractivity contribution in [1.29, 1.82) is 0 Å². The van der Waals surface area contributed by atoms with Crippen LogP contribution < -0.4 is 0 Å². The molecule has 14 atom stereocenters. The van der Waals surface area contributed by atoms with Gasteiger partial charge in [0.1, 0.15) is 31.6 Å². The fourth-order valence-corrected chi connectivity index (χ4v) is 15.3. The van der Waals surface area contributed by atoms with Gasteiger partial charge in [0.2, 0.25) is 11.6 Å². The molecule has 0 unspecified atom stereocenters. The maximum Gasteiger partial charge on any atom is 0.410 e. The molecule has 0 bridgehead atoms. The van der Waals surface area contributed by atoms with E-state index in [-0.39, 0.29) is 89.9 Å². The van der Waals surface area contributed by atoms with E-state index in [0.29, 0.717) is 32.2 Å². The first-order valence-corrected chi connectivity index (χ1v) is 38.4. The van der Waals surface area contributed by atoms with Gasteiger partial charge in [-0.2, -0.15) is 0 Å². The molecule has 1 N–H and O–H groups in total. The molecule has 86 heavy (non-hydrogen) atoms. The van der Waals surface area contributed by atoms with Crippen LogP contribution >= 0.6 is 0 Å². The Labute approximate surface area is 521 Å². The Bertz CT molecular complexity index is 2460. The zero-order valence-electron chi connectivity index (χ0n) is 56.5. The number of aliphatic hydroxyl groups is 1. The maximum absolute atomic E-state index is 14.8. The van der Waals surface area contributed by atoms with Crippen molar-refractivity contribution in [3.05, 3.63) is 84.0 Å². The fraction of sp³-hybridized carbons (Fsp3) is 0.743. The largest absolute Gasteiger partial charge is 0.461 e. The number of allylic oxidation sites excluding steroid dienone is 3. The molecule has 6 rings (SSSR count). The molecule has 2 aliphatic carbocycles. The average Bonchev–Trinajstić information content (AvgIpc) is 1.16. The number of unbranched alkanes of at least 4 members (excludes halogenated alkanes) is 1. The number of carbonyl (C=O) groups excluding carboxylic acids is 2. The van der Waals surface area contributed by atoms with Gasteiger partial charge < -0.3 is 51.9 Å². The zero-order chi connectivity index (χ0) is 63.4. The minimum Gasteiger partial charge on any atom is -0.461 e. The van der Waals surface area contributed by atoms with Gasteiger partial charge in [-0.15, -0.1) is 0 Å². The van der Waals surface area contributed by atoms with Crippen LogP contribution in [0.2, 0.25) is 36.3 Å². The minimum atomic E-state index is -2.17. The van der Waals surface area contributed by atoms with E-state index in [2.05, 4.69) is 144 Å². The topological polar surface area (TPSA) is 150 Å². The van der Waals surface area contributed by atoms with Gasteiger partial charge in [0, 0.05) is 46.3 Å². The molecule has 2 aromatic carbocycles. The number of nitrogens with zero attached hydrogens (tertiary/aromatic N) is 1. The van der Waals surface area contributed by atoms with Crippen molar-refractivity contribution in [2.45, 2.75) is 257 Å². The summed E-state index contributed by atoms with van der Waals surface area (Å²) in [6.45, 7) is 36.5. The van der Waals surface area contributed by atoms with Gasteiger partial charge in [0.25, 0.3) is 0 Å². The van der Waals surface area contributed by atoms with Crippen LogP contribution in [0.25, 0.3) is 11.1 Å². The highest BCUT2D eigenvalue weighted by molar-refractivity contribution is 6.74. The normalized spacial score (nSPS) is 26.6. The summed E-state index contributed by atoms with van der Waals surface area (Å²) in [6, 6.07) is 15.9. The van der Waals surface area contributed by atoms with Crippen molar-refractivity contribution in [1.82, 2.24) is 4.90 Å². The smallest absolute Gasteiger partial charge is 0.410 e. The molecule has 14 nitrogen and oxygen atoms in total. The Kier molecular flexibility index (Phi) is 26.0. The third kappa shape index (κ3) is 17.8. The monoisotopic (exact) mass is 1230 g/mol. The molecule has 4 aliphatic rings. The Morgan fingerprint density at radius 3 is 1.92 bits per heavy atom. The van der Waals surface area contributed by atoms with Gasteiger partial charge in [-0.3, -0.25) is 4.90 Å². The van der Waals surface area contributed by atoms with Gasteiger partial charge in [-0.1, -0.05) is 142 Å². The standard InChI is InChI=1S/C70H115NO13Si2/c1-48(30-22-20-21-23-36-60(83-85(16,17)67(5,6)7)51(4)61(41-38-49(2)45-72)84-86(18,19)68(8,9)10)37-40-59(50(3)44-52-39-42-62-64(63(52)79-47-75-13)82-70(12,77-15)69(11,76-14)81-62)80-65(73)58-35-28-29-43-71(58)66(74)78-46-57-55-33-26-24-31-53(55)54-32-25-27-34-56(54)57/h22-27,30-34,36,48-52,57-64,72H,20-21,28-29,35,37-47H2,1-19H3/b30-22+,36-23+/t48-,49-,50-,51+,52+,58+,59+,60-,61+,62-,63+,64+,69+,70+/m1/s1. The van der Waals surface area contributed by atoms with Crippen LogP contribution in [0.4, 0.5) is 4.79 Å². The number of benzene rings is 2. The summed E-state index contributed by atoms with van der Waals surface area (Å²) in [7, 11) is 0.511. The van der Waals surface area contributed by atoms with Gasteiger partial charge in [0.15, 0.2) is 16.6 Å². The van der Waals surface area contributed by atoms with E-state index in [1.54, 1.807) is 26.2 Å². The van der Waals surface area contributed by atoms with Crippen LogP contribution in [0.3, 0.4) is 0 Å². The second-order valence-electron chi connectivity index (χ2n) is 29.1. The predicted molar refractivity (Wildman–Crippen MR) is 348 cm³/mol. The van der Waals surface area contributed by atoms with Gasteiger partial charge in [-0.05, 0) is 173 Å². The molecule has 2 aliphatic heterocycles. The number of rotatable bonds is 30. The number of hydrogen-bond acceptors (Lipinski definition) is 13. The van der Waals surface area contributed by atoms with E-state index in [9.17, 15) is 14.7 Å². The van der Waals surface area contributed by atoms with E-state index in [0.717, 1.165) is 73.6 Å². The van der Waals surface area contributed by atoms with Crippen molar-refractivity contribution in [3.63, 3.8) is 0 Å². The third-order valence-electron chi connectivity index (χ3n) is 20.7. The van der Waals surface area contributed by atoms with Gasteiger partial charge in [-0.25, -0.2) is 9.59 Å². The number of hydrogen-bond donors (Lipinski definition) is 1. The summed E-state index contributed by atoms with van der Waals surface area (Å²) in [5.41, 5.74) is 4.60.